The van der Waals surface area contributed by atoms with E-state index >= 15 is 0 Å². The van der Waals surface area contributed by atoms with Crippen LogP contribution in [-0.2, 0) is 16.4 Å². The number of nitrogens with one attached hydrogen (secondary N) is 1. The number of hydrogen-bond donors (Lipinski definition) is 1. The number of aryl methyl sites for hydroxylation is 1. The molecular weight excluding hydrogens is 454 g/mol. The molecule has 5 nitrogen and oxygen atoms in total. The number of fused-ring (bicyclic) bond motifs is 4. The number of benzene rings is 3. The number of rotatable bonds is 3. The Balaban J connectivity index is 1.58. The molecule has 146 valence electrons. The molecule has 1 heterocycles. The van der Waals surface area contributed by atoms with Gasteiger partial charge in [-0.05, 0) is 57.4 Å². The zero-order valence-corrected chi connectivity index (χ0v) is 17.6. The molecule has 1 aliphatic rings. The smallest absolute Gasteiger partial charge is 0.261 e. The second-order valence-corrected chi connectivity index (χ2v) is 9.66. The lowest BCUT2D eigenvalue weighted by molar-refractivity contribution is 0.0971. The average molecular weight is 470 g/mol. The molecule has 29 heavy (non-hydrogen) atoms. The van der Waals surface area contributed by atoms with Crippen molar-refractivity contribution in [1.82, 2.24) is 0 Å². The van der Waals surface area contributed by atoms with Crippen LogP contribution in [0, 0.1) is 0 Å². The Morgan fingerprint density at radius 2 is 1.76 bits per heavy atom. The van der Waals surface area contributed by atoms with Crippen molar-refractivity contribution in [3.63, 3.8) is 0 Å². The summed E-state index contributed by atoms with van der Waals surface area (Å²) in [5.74, 6) is 0.706. The number of carbonyl (C=O) groups excluding carboxylic acids is 1. The Hall–Kier alpha value is -2.64. The van der Waals surface area contributed by atoms with E-state index in [0.717, 1.165) is 17.2 Å². The van der Waals surface area contributed by atoms with E-state index in [1.807, 2.05) is 24.3 Å². The summed E-state index contributed by atoms with van der Waals surface area (Å²) in [6.45, 7) is 0. The standard InChI is InChI=1S/C22H16BrNO4S/c23-18-12-15(11-17-21-19(25)6-3-7-20(21)28-22(17)18)24-29(26,27)16-9-8-13-4-1-2-5-14(13)10-16/h1-2,4-5,8-12,24H,3,6-7H2. The van der Waals surface area contributed by atoms with Crippen LogP contribution in [0.15, 0.2) is 68.4 Å². The van der Waals surface area contributed by atoms with Gasteiger partial charge < -0.3 is 4.42 Å². The number of furan rings is 1. The summed E-state index contributed by atoms with van der Waals surface area (Å²) in [4.78, 5) is 12.6. The molecule has 0 unspecified atom stereocenters. The quantitative estimate of drug-likeness (QED) is 0.419. The van der Waals surface area contributed by atoms with Crippen LogP contribution in [0.5, 0.6) is 0 Å². The predicted octanol–water partition coefficient (Wildman–Crippen LogP) is 5.67. The highest BCUT2D eigenvalue weighted by molar-refractivity contribution is 9.10. The Kier molecular flexibility index (Phi) is 4.26. The number of hydrogen-bond acceptors (Lipinski definition) is 4. The monoisotopic (exact) mass is 469 g/mol. The highest BCUT2D eigenvalue weighted by atomic mass is 79.9. The van der Waals surface area contributed by atoms with Gasteiger partial charge in [0.2, 0.25) is 0 Å². The van der Waals surface area contributed by atoms with Gasteiger partial charge in [-0.2, -0.15) is 0 Å². The molecule has 0 atom stereocenters. The lowest BCUT2D eigenvalue weighted by atomic mass is 9.94. The fourth-order valence-corrected chi connectivity index (χ4v) is 5.45. The van der Waals surface area contributed by atoms with E-state index in [9.17, 15) is 13.2 Å². The molecule has 3 aromatic carbocycles. The fourth-order valence-electron chi connectivity index (χ4n) is 3.83. The molecule has 1 N–H and O–H groups in total. The molecule has 0 radical (unpaired) electrons. The van der Waals surface area contributed by atoms with Crippen molar-refractivity contribution in [2.45, 2.75) is 24.2 Å². The van der Waals surface area contributed by atoms with Crippen molar-refractivity contribution in [3.05, 3.63) is 70.4 Å². The van der Waals surface area contributed by atoms with Crippen molar-refractivity contribution < 1.29 is 17.6 Å². The van der Waals surface area contributed by atoms with Gasteiger partial charge in [0.25, 0.3) is 10.0 Å². The summed E-state index contributed by atoms with van der Waals surface area (Å²) in [6.07, 6.45) is 1.96. The number of ketones is 1. The van der Waals surface area contributed by atoms with E-state index in [1.165, 1.54) is 0 Å². The van der Waals surface area contributed by atoms with Crippen molar-refractivity contribution in [2.75, 3.05) is 4.72 Å². The van der Waals surface area contributed by atoms with E-state index in [-0.39, 0.29) is 10.7 Å². The van der Waals surface area contributed by atoms with Crippen molar-refractivity contribution >= 4 is 59.2 Å². The predicted molar refractivity (Wildman–Crippen MR) is 116 cm³/mol. The van der Waals surface area contributed by atoms with Gasteiger partial charge in [0.15, 0.2) is 5.78 Å². The molecule has 0 amide bonds. The Morgan fingerprint density at radius 3 is 2.59 bits per heavy atom. The Morgan fingerprint density at radius 1 is 0.966 bits per heavy atom. The summed E-state index contributed by atoms with van der Waals surface area (Å²) in [5.41, 5.74) is 1.51. The molecule has 0 bridgehead atoms. The summed E-state index contributed by atoms with van der Waals surface area (Å²) < 4.78 is 35.0. The molecule has 1 aromatic heterocycles. The van der Waals surface area contributed by atoms with Crippen LogP contribution < -0.4 is 4.72 Å². The normalized spacial score (nSPS) is 14.3. The molecule has 0 fully saturated rings. The lowest BCUT2D eigenvalue weighted by Crippen LogP contribution is -2.13. The average Bonchev–Trinajstić information content (AvgIpc) is 3.08. The SMILES string of the molecule is O=C1CCCc2oc3c(Br)cc(NS(=O)(=O)c4ccc5ccccc5c4)cc3c21. The Labute approximate surface area is 175 Å². The number of anilines is 1. The summed E-state index contributed by atoms with van der Waals surface area (Å²) >= 11 is 3.45. The van der Waals surface area contributed by atoms with Gasteiger partial charge in [0, 0.05) is 18.2 Å². The minimum atomic E-state index is -3.79. The van der Waals surface area contributed by atoms with E-state index in [1.54, 1.807) is 30.3 Å². The van der Waals surface area contributed by atoms with Gasteiger partial charge in [0.05, 0.1) is 20.6 Å². The number of Topliss-reactive ketones (excluding diaryl/α,β-unsaturated/α-hetero) is 1. The molecule has 0 aliphatic heterocycles. The molecule has 1 aliphatic carbocycles. The molecule has 4 aromatic rings. The lowest BCUT2D eigenvalue weighted by Gasteiger charge is -2.11. The number of sulfonamides is 1. The molecular formula is C22H16BrNO4S. The third-order valence-corrected chi connectivity index (χ3v) is 7.16. The minimum absolute atomic E-state index is 0.0337. The van der Waals surface area contributed by atoms with Gasteiger partial charge >= 0.3 is 0 Å². The highest BCUT2D eigenvalue weighted by Crippen LogP contribution is 2.38. The topological polar surface area (TPSA) is 76.4 Å². The van der Waals surface area contributed by atoms with Gasteiger partial charge in [-0.25, -0.2) is 8.42 Å². The van der Waals surface area contributed by atoms with Gasteiger partial charge in [-0.3, -0.25) is 9.52 Å². The molecule has 0 spiro atoms. The van der Waals surface area contributed by atoms with Crippen LogP contribution in [0.25, 0.3) is 21.7 Å². The molecule has 0 saturated carbocycles. The van der Waals surface area contributed by atoms with Crippen LogP contribution in [0.2, 0.25) is 0 Å². The maximum Gasteiger partial charge on any atom is 0.261 e. The van der Waals surface area contributed by atoms with E-state index < -0.39 is 10.0 Å². The fraction of sp³-hybridized carbons (Fsp3) is 0.136. The van der Waals surface area contributed by atoms with Crippen LogP contribution in [0.1, 0.15) is 29.0 Å². The maximum absolute atomic E-state index is 13.0. The largest absolute Gasteiger partial charge is 0.459 e. The first-order valence-corrected chi connectivity index (χ1v) is 11.5. The second-order valence-electron chi connectivity index (χ2n) is 7.13. The van der Waals surface area contributed by atoms with E-state index in [2.05, 4.69) is 20.7 Å². The summed E-state index contributed by atoms with van der Waals surface area (Å²) in [6, 6.07) is 15.9. The second kappa shape index (κ2) is 6.71. The molecule has 0 saturated heterocycles. The van der Waals surface area contributed by atoms with Crippen LogP contribution in [0.3, 0.4) is 0 Å². The first-order valence-electron chi connectivity index (χ1n) is 9.22. The van der Waals surface area contributed by atoms with Crippen molar-refractivity contribution in [2.24, 2.45) is 0 Å². The van der Waals surface area contributed by atoms with Gasteiger partial charge in [-0.15, -0.1) is 0 Å². The molecule has 5 rings (SSSR count). The van der Waals surface area contributed by atoms with Crippen LogP contribution in [0.4, 0.5) is 5.69 Å². The van der Waals surface area contributed by atoms with Crippen molar-refractivity contribution in [1.29, 1.82) is 0 Å². The van der Waals surface area contributed by atoms with Crippen LogP contribution >= 0.6 is 15.9 Å². The minimum Gasteiger partial charge on any atom is -0.459 e. The van der Waals surface area contributed by atoms with Crippen molar-refractivity contribution in [3.8, 4) is 0 Å². The zero-order chi connectivity index (χ0) is 20.2. The summed E-state index contributed by atoms with van der Waals surface area (Å²) in [7, 11) is -3.79. The first-order chi connectivity index (χ1) is 13.9. The third kappa shape index (κ3) is 3.14. The van der Waals surface area contributed by atoms with Gasteiger partial charge in [0.1, 0.15) is 11.3 Å². The van der Waals surface area contributed by atoms with E-state index in [4.69, 9.17) is 4.42 Å². The van der Waals surface area contributed by atoms with Crippen LogP contribution in [-0.4, -0.2) is 14.2 Å². The highest BCUT2D eigenvalue weighted by Gasteiger charge is 2.26. The molecule has 7 heteroatoms. The number of carbonyl (C=O) groups is 1. The zero-order valence-electron chi connectivity index (χ0n) is 15.2. The number of halogens is 1. The van der Waals surface area contributed by atoms with E-state index in [0.29, 0.717) is 45.3 Å². The Bertz CT molecular complexity index is 1410. The third-order valence-electron chi connectivity index (χ3n) is 5.19. The maximum atomic E-state index is 13.0. The van der Waals surface area contributed by atoms with Gasteiger partial charge in [-0.1, -0.05) is 30.3 Å². The summed E-state index contributed by atoms with van der Waals surface area (Å²) in [5, 5.41) is 2.45. The first kappa shape index (κ1) is 18.4.